The zero-order chi connectivity index (χ0) is 28.0. The highest BCUT2D eigenvalue weighted by Crippen LogP contribution is 2.46. The summed E-state index contributed by atoms with van der Waals surface area (Å²) in [5.74, 6) is 0. The molecule has 4 aromatic carbocycles. The fourth-order valence-corrected chi connectivity index (χ4v) is 6.51. The molecule has 3 heteroatoms. The number of benzene rings is 4. The number of anilines is 2. The molecule has 39 heavy (non-hydrogen) atoms. The third-order valence-electron chi connectivity index (χ3n) is 8.07. The van der Waals surface area contributed by atoms with Crippen molar-refractivity contribution in [2.75, 3.05) is 36.0 Å². The third-order valence-corrected chi connectivity index (χ3v) is 8.61. The van der Waals surface area contributed by atoms with Gasteiger partial charge >= 0.3 is 0 Å². The van der Waals surface area contributed by atoms with Crippen molar-refractivity contribution in [1.29, 1.82) is 0 Å². The third kappa shape index (κ3) is 5.38. The summed E-state index contributed by atoms with van der Waals surface area (Å²) in [4.78, 5) is 5.73. The van der Waals surface area contributed by atoms with Crippen LogP contribution >= 0.6 is 12.2 Å². The Labute approximate surface area is 241 Å². The monoisotopic (exact) mass is 534 g/mol. The van der Waals surface area contributed by atoms with E-state index in [9.17, 15) is 0 Å². The lowest BCUT2D eigenvalue weighted by Gasteiger charge is -2.40. The summed E-state index contributed by atoms with van der Waals surface area (Å²) in [6.45, 7) is 17.3. The van der Waals surface area contributed by atoms with Gasteiger partial charge in [-0.25, -0.2) is 0 Å². The molecule has 0 radical (unpaired) electrons. The molecule has 0 bridgehead atoms. The van der Waals surface area contributed by atoms with Crippen LogP contribution < -0.4 is 9.80 Å². The summed E-state index contributed by atoms with van der Waals surface area (Å²) in [5.41, 5.74) is 9.10. The molecule has 0 aromatic heterocycles. The largest absolute Gasteiger partial charge is 0.372 e. The van der Waals surface area contributed by atoms with Crippen LogP contribution in [0.3, 0.4) is 0 Å². The summed E-state index contributed by atoms with van der Waals surface area (Å²) in [6, 6.07) is 35.3. The van der Waals surface area contributed by atoms with E-state index in [0.717, 1.165) is 36.6 Å². The van der Waals surface area contributed by atoms with Crippen molar-refractivity contribution in [1.82, 2.24) is 0 Å². The topological polar surface area (TPSA) is 6.48 Å². The highest BCUT2D eigenvalue weighted by molar-refractivity contribution is 7.81. The number of nitrogens with zero attached hydrogens (tertiary/aromatic N) is 2. The molecule has 4 rings (SSSR count). The van der Waals surface area contributed by atoms with Gasteiger partial charge in [-0.1, -0.05) is 85.0 Å². The lowest BCUT2D eigenvalue weighted by atomic mass is 9.63. The minimum atomic E-state index is -0.629. The van der Waals surface area contributed by atoms with E-state index >= 15 is 0 Å². The molecule has 0 amide bonds. The number of hydrogen-bond donors (Lipinski definition) is 0. The second-order valence-corrected chi connectivity index (χ2v) is 10.6. The maximum absolute atomic E-state index is 6.56. The molecule has 2 nitrogen and oxygen atoms in total. The smallest absolute Gasteiger partial charge is 0.0814 e. The second-order valence-electron chi connectivity index (χ2n) is 10.2. The van der Waals surface area contributed by atoms with Gasteiger partial charge in [0.15, 0.2) is 0 Å². The van der Waals surface area contributed by atoms with Gasteiger partial charge < -0.3 is 9.80 Å². The molecule has 202 valence electrons. The Bertz CT molecular complexity index is 1320. The fourth-order valence-electron chi connectivity index (χ4n) is 6.03. The molecule has 0 aliphatic carbocycles. The Morgan fingerprint density at radius 3 is 1.38 bits per heavy atom. The van der Waals surface area contributed by atoms with E-state index in [2.05, 4.69) is 148 Å². The van der Waals surface area contributed by atoms with Gasteiger partial charge in [0.25, 0.3) is 0 Å². The molecule has 0 aliphatic rings. The zero-order valence-electron chi connectivity index (χ0n) is 24.4. The first-order valence-corrected chi connectivity index (χ1v) is 14.7. The predicted octanol–water partition coefficient (Wildman–Crippen LogP) is 8.75. The van der Waals surface area contributed by atoms with E-state index in [1.165, 1.54) is 39.2 Å². The van der Waals surface area contributed by atoms with Crippen molar-refractivity contribution in [2.45, 2.75) is 47.0 Å². The summed E-state index contributed by atoms with van der Waals surface area (Å²) in [6.07, 6.45) is 0. The van der Waals surface area contributed by atoms with E-state index in [-0.39, 0.29) is 0 Å². The van der Waals surface area contributed by atoms with Gasteiger partial charge in [0, 0.05) is 42.4 Å². The molecule has 0 unspecified atom stereocenters. The number of hydrogen-bond acceptors (Lipinski definition) is 3. The van der Waals surface area contributed by atoms with Crippen molar-refractivity contribution in [3.63, 3.8) is 0 Å². The first kappa shape index (κ1) is 28.6. The van der Waals surface area contributed by atoms with Crippen LogP contribution in [-0.4, -0.2) is 31.0 Å². The normalized spacial score (nSPS) is 11.3. The number of thiocarbonyl (C=S) groups is 1. The number of rotatable bonds is 11. The summed E-state index contributed by atoms with van der Waals surface area (Å²) in [5, 5.41) is 0. The molecule has 0 spiro atoms. The highest BCUT2D eigenvalue weighted by atomic mass is 32.1. The Hall–Kier alpha value is -3.43. The molecule has 0 saturated carbocycles. The molecule has 4 aromatic rings. The lowest BCUT2D eigenvalue weighted by Crippen LogP contribution is -2.39. The standard InChI is InChI=1S/C36H42N2S/c1-7-37(8-2)31-21-23-33(27(5)25-31)36(30-19-15-12-16-20-30,35(39)29-17-13-11-14-18-29)34-24-22-32(26-28(34)6)38(9-3)10-4/h11-26H,7-10H2,1-6H3. The van der Waals surface area contributed by atoms with Gasteiger partial charge in [-0.15, -0.1) is 0 Å². The lowest BCUT2D eigenvalue weighted by molar-refractivity contribution is 0.814. The Balaban J connectivity index is 2.09. The zero-order valence-corrected chi connectivity index (χ0v) is 25.2. The maximum atomic E-state index is 6.56. The molecule has 0 fully saturated rings. The van der Waals surface area contributed by atoms with Gasteiger partial charge in [0.2, 0.25) is 0 Å². The van der Waals surface area contributed by atoms with Crippen molar-refractivity contribution >= 4 is 28.5 Å². The van der Waals surface area contributed by atoms with Crippen LogP contribution in [0.1, 0.15) is 61.1 Å². The predicted molar refractivity (Wildman–Crippen MR) is 174 cm³/mol. The second kappa shape index (κ2) is 12.6. The van der Waals surface area contributed by atoms with E-state index in [0.29, 0.717) is 0 Å². The summed E-state index contributed by atoms with van der Waals surface area (Å²) in [7, 11) is 0. The van der Waals surface area contributed by atoms with E-state index in [1.54, 1.807) is 0 Å². The average Bonchev–Trinajstić information content (AvgIpc) is 2.97. The van der Waals surface area contributed by atoms with Crippen molar-refractivity contribution < 1.29 is 0 Å². The van der Waals surface area contributed by atoms with Crippen LogP contribution in [-0.2, 0) is 5.41 Å². The Morgan fingerprint density at radius 1 is 0.590 bits per heavy atom. The Kier molecular flexibility index (Phi) is 9.24. The molecule has 0 saturated heterocycles. The quantitative estimate of drug-likeness (QED) is 0.108. The highest BCUT2D eigenvalue weighted by Gasteiger charge is 2.43. The van der Waals surface area contributed by atoms with Crippen LogP contribution in [0.15, 0.2) is 97.1 Å². The summed E-state index contributed by atoms with van der Waals surface area (Å²) >= 11 is 6.56. The van der Waals surface area contributed by atoms with Crippen LogP contribution in [0.2, 0.25) is 0 Å². The van der Waals surface area contributed by atoms with Crippen molar-refractivity contribution in [3.8, 4) is 0 Å². The van der Waals surface area contributed by atoms with Gasteiger partial charge in [-0.05, 0) is 99.2 Å². The van der Waals surface area contributed by atoms with Gasteiger partial charge in [-0.2, -0.15) is 0 Å². The average molecular weight is 535 g/mol. The Morgan fingerprint density at radius 2 is 1.00 bits per heavy atom. The van der Waals surface area contributed by atoms with Gasteiger partial charge in [-0.3, -0.25) is 0 Å². The van der Waals surface area contributed by atoms with Crippen molar-refractivity contribution in [3.05, 3.63) is 130 Å². The molecular formula is C36H42N2S. The molecule has 0 atom stereocenters. The van der Waals surface area contributed by atoms with Gasteiger partial charge in [0.1, 0.15) is 0 Å². The van der Waals surface area contributed by atoms with Gasteiger partial charge in [0.05, 0.1) is 5.41 Å². The molecular weight excluding hydrogens is 492 g/mol. The number of aryl methyl sites for hydroxylation is 2. The van der Waals surface area contributed by atoms with Crippen LogP contribution in [0.4, 0.5) is 11.4 Å². The van der Waals surface area contributed by atoms with Crippen LogP contribution in [0, 0.1) is 13.8 Å². The fraction of sp³-hybridized carbons (Fsp3) is 0.306. The minimum absolute atomic E-state index is 0.629. The molecule has 0 heterocycles. The minimum Gasteiger partial charge on any atom is -0.372 e. The molecule has 0 aliphatic heterocycles. The van der Waals surface area contributed by atoms with Crippen LogP contribution in [0.25, 0.3) is 0 Å². The van der Waals surface area contributed by atoms with E-state index in [1.807, 2.05) is 0 Å². The van der Waals surface area contributed by atoms with E-state index in [4.69, 9.17) is 12.2 Å². The van der Waals surface area contributed by atoms with Crippen molar-refractivity contribution in [2.24, 2.45) is 0 Å². The molecule has 0 N–H and O–H groups in total. The van der Waals surface area contributed by atoms with Crippen LogP contribution in [0.5, 0.6) is 0 Å². The summed E-state index contributed by atoms with van der Waals surface area (Å²) < 4.78 is 0. The maximum Gasteiger partial charge on any atom is 0.0814 e. The van der Waals surface area contributed by atoms with E-state index < -0.39 is 5.41 Å². The SMILES string of the molecule is CCN(CC)c1ccc(C(C(=S)c2ccccc2)(c2ccccc2)c2ccc(N(CC)CC)cc2C)c(C)c1. The first-order chi connectivity index (χ1) is 18.9. The first-order valence-electron chi connectivity index (χ1n) is 14.3.